The van der Waals surface area contributed by atoms with Crippen molar-refractivity contribution < 1.29 is 9.59 Å². The van der Waals surface area contributed by atoms with E-state index in [1.54, 1.807) is 0 Å². The van der Waals surface area contributed by atoms with Crippen LogP contribution >= 0.6 is 0 Å². The normalized spacial score (nSPS) is 24.1. The maximum absolute atomic E-state index is 13.3. The van der Waals surface area contributed by atoms with Crippen molar-refractivity contribution in [3.8, 4) is 0 Å². The van der Waals surface area contributed by atoms with E-state index < -0.39 is 5.54 Å². The second kappa shape index (κ2) is 7.86. The minimum atomic E-state index is -1.00. The van der Waals surface area contributed by atoms with E-state index in [1.165, 1.54) is 29.7 Å². The number of benzene rings is 1. The van der Waals surface area contributed by atoms with Crippen LogP contribution in [0.1, 0.15) is 77.8 Å². The van der Waals surface area contributed by atoms with Crippen LogP contribution in [0, 0.1) is 0 Å². The lowest BCUT2D eigenvalue weighted by Gasteiger charge is -2.35. The van der Waals surface area contributed by atoms with Gasteiger partial charge in [0.25, 0.3) is 5.91 Å². The van der Waals surface area contributed by atoms with Crippen LogP contribution in [0.3, 0.4) is 0 Å². The quantitative estimate of drug-likeness (QED) is 0.766. The van der Waals surface area contributed by atoms with Gasteiger partial charge in [-0.05, 0) is 42.9 Å². The van der Waals surface area contributed by atoms with Gasteiger partial charge in [0.15, 0.2) is 0 Å². The third-order valence-corrected chi connectivity index (χ3v) is 6.42. The van der Waals surface area contributed by atoms with Crippen LogP contribution in [0.15, 0.2) is 24.3 Å². The van der Waals surface area contributed by atoms with Crippen LogP contribution in [0.25, 0.3) is 0 Å². The second-order valence-electron chi connectivity index (χ2n) is 9.45. The lowest BCUT2D eigenvalue weighted by molar-refractivity contribution is -0.133. The van der Waals surface area contributed by atoms with Crippen LogP contribution in [0.5, 0.6) is 0 Å². The first-order valence-electron chi connectivity index (χ1n) is 10.7. The molecule has 5 heteroatoms. The Balaban J connectivity index is 1.78. The maximum atomic E-state index is 13.3. The summed E-state index contributed by atoms with van der Waals surface area (Å²) in [6.45, 7) is 11.6. The molecule has 1 aromatic rings. The fourth-order valence-electron chi connectivity index (χ4n) is 4.43. The number of imide groups is 1. The van der Waals surface area contributed by atoms with Crippen molar-refractivity contribution >= 4 is 11.9 Å². The van der Waals surface area contributed by atoms with Gasteiger partial charge in [-0.2, -0.15) is 0 Å². The van der Waals surface area contributed by atoms with Crippen molar-refractivity contribution in [2.45, 2.75) is 83.7 Å². The Kier molecular flexibility index (Phi) is 5.85. The number of urea groups is 1. The molecule has 1 saturated heterocycles. The number of rotatable bonds is 5. The molecule has 3 amide bonds. The predicted octanol–water partition coefficient (Wildman–Crippen LogP) is 4.36. The molecule has 2 fully saturated rings. The lowest BCUT2D eigenvalue weighted by atomic mass is 9.84. The van der Waals surface area contributed by atoms with Crippen LogP contribution in [-0.2, 0) is 15.7 Å². The van der Waals surface area contributed by atoms with Crippen molar-refractivity contribution in [3.63, 3.8) is 0 Å². The molecule has 2 aliphatic rings. The first-order valence-corrected chi connectivity index (χ1v) is 10.7. The number of carbonyl (C=O) groups excluding carboxylic acids is 2. The molecule has 0 radical (unpaired) electrons. The van der Waals surface area contributed by atoms with Gasteiger partial charge >= 0.3 is 6.03 Å². The molecular formula is C23H35N3O2. The van der Waals surface area contributed by atoms with Gasteiger partial charge in [0, 0.05) is 6.04 Å². The SMILES string of the molecule is CCN(CN1C(=O)NC(C)(c2ccc(C(C)(C)C)cc2)C1=O)C1CCCCC1. The molecule has 0 spiro atoms. The molecule has 1 N–H and O–H groups in total. The van der Waals surface area contributed by atoms with Gasteiger partial charge in [0.2, 0.25) is 0 Å². The smallest absolute Gasteiger partial charge is 0.319 e. The maximum Gasteiger partial charge on any atom is 0.326 e. The average Bonchev–Trinajstić information content (AvgIpc) is 2.89. The van der Waals surface area contributed by atoms with Gasteiger partial charge in [-0.1, -0.05) is 71.2 Å². The van der Waals surface area contributed by atoms with E-state index in [0.29, 0.717) is 12.7 Å². The molecule has 1 heterocycles. The Bertz CT molecular complexity index is 716. The van der Waals surface area contributed by atoms with E-state index >= 15 is 0 Å². The summed E-state index contributed by atoms with van der Waals surface area (Å²) in [5.41, 5.74) is 1.10. The van der Waals surface area contributed by atoms with Crippen LogP contribution in [-0.4, -0.2) is 41.0 Å². The molecule has 1 saturated carbocycles. The predicted molar refractivity (Wildman–Crippen MR) is 112 cm³/mol. The molecule has 0 aromatic heterocycles. The molecule has 1 atom stereocenters. The van der Waals surface area contributed by atoms with Crippen molar-refractivity contribution in [2.75, 3.05) is 13.2 Å². The molecule has 3 rings (SSSR count). The largest absolute Gasteiger partial charge is 0.326 e. The average molecular weight is 386 g/mol. The standard InChI is InChI=1S/C23H35N3O2/c1-6-25(19-10-8-7-9-11-19)16-26-20(27)23(5,24-21(26)28)18-14-12-17(13-15-18)22(2,3)4/h12-15,19H,6-11,16H2,1-5H3,(H,24,28). The summed E-state index contributed by atoms with van der Waals surface area (Å²) in [5.74, 6) is -0.157. The van der Waals surface area contributed by atoms with Gasteiger partial charge in [-0.25, -0.2) is 9.69 Å². The zero-order chi connectivity index (χ0) is 20.5. The van der Waals surface area contributed by atoms with Crippen molar-refractivity contribution in [3.05, 3.63) is 35.4 Å². The highest BCUT2D eigenvalue weighted by molar-refractivity contribution is 6.07. The van der Waals surface area contributed by atoms with Gasteiger partial charge in [0.05, 0.1) is 6.67 Å². The molecule has 5 nitrogen and oxygen atoms in total. The van der Waals surface area contributed by atoms with Crippen molar-refractivity contribution in [2.24, 2.45) is 0 Å². The minimum Gasteiger partial charge on any atom is -0.319 e. The molecule has 1 aliphatic heterocycles. The Morgan fingerprint density at radius 2 is 1.71 bits per heavy atom. The summed E-state index contributed by atoms with van der Waals surface area (Å²) in [4.78, 5) is 29.7. The Labute approximate surface area is 169 Å². The van der Waals surface area contributed by atoms with Crippen LogP contribution in [0.4, 0.5) is 4.79 Å². The molecule has 1 unspecified atom stereocenters. The van der Waals surface area contributed by atoms with E-state index in [0.717, 1.165) is 24.9 Å². The fourth-order valence-corrected chi connectivity index (χ4v) is 4.43. The van der Waals surface area contributed by atoms with E-state index in [4.69, 9.17) is 0 Å². The van der Waals surface area contributed by atoms with E-state index in [2.05, 4.69) is 50.0 Å². The first kappa shape index (κ1) is 20.8. The Hall–Kier alpha value is -1.88. The molecule has 28 heavy (non-hydrogen) atoms. The van der Waals surface area contributed by atoms with Gasteiger partial charge in [-0.15, -0.1) is 0 Å². The van der Waals surface area contributed by atoms with Crippen molar-refractivity contribution in [1.29, 1.82) is 0 Å². The summed E-state index contributed by atoms with van der Waals surface area (Å²) in [5, 5.41) is 2.95. The Morgan fingerprint density at radius 3 is 2.25 bits per heavy atom. The summed E-state index contributed by atoms with van der Waals surface area (Å²) in [7, 11) is 0. The highest BCUT2D eigenvalue weighted by atomic mass is 16.2. The molecular weight excluding hydrogens is 350 g/mol. The van der Waals surface area contributed by atoms with Crippen LogP contribution in [0.2, 0.25) is 0 Å². The zero-order valence-corrected chi connectivity index (χ0v) is 18.0. The molecule has 1 aliphatic carbocycles. The van der Waals surface area contributed by atoms with Gasteiger partial charge < -0.3 is 5.32 Å². The van der Waals surface area contributed by atoms with Crippen LogP contribution < -0.4 is 5.32 Å². The number of nitrogens with one attached hydrogen (secondary N) is 1. The summed E-state index contributed by atoms with van der Waals surface area (Å²) >= 11 is 0. The number of amides is 3. The van der Waals surface area contributed by atoms with Gasteiger partial charge in [-0.3, -0.25) is 9.69 Å². The molecule has 1 aromatic carbocycles. The lowest BCUT2D eigenvalue weighted by Crippen LogP contribution is -2.47. The summed E-state index contributed by atoms with van der Waals surface area (Å²) in [6, 6.07) is 8.24. The third kappa shape index (κ3) is 3.95. The number of carbonyl (C=O) groups is 2. The van der Waals surface area contributed by atoms with E-state index in [-0.39, 0.29) is 17.4 Å². The van der Waals surface area contributed by atoms with E-state index in [9.17, 15) is 9.59 Å². The zero-order valence-electron chi connectivity index (χ0n) is 18.0. The molecule has 154 valence electrons. The topological polar surface area (TPSA) is 52.6 Å². The highest BCUT2D eigenvalue weighted by Gasteiger charge is 2.49. The Morgan fingerprint density at radius 1 is 1.11 bits per heavy atom. The molecule has 0 bridgehead atoms. The highest BCUT2D eigenvalue weighted by Crippen LogP contribution is 2.32. The monoisotopic (exact) mass is 385 g/mol. The third-order valence-electron chi connectivity index (χ3n) is 6.42. The number of hydrogen-bond acceptors (Lipinski definition) is 3. The second-order valence-corrected chi connectivity index (χ2v) is 9.45. The summed E-state index contributed by atoms with van der Waals surface area (Å²) in [6.07, 6.45) is 6.07. The first-order chi connectivity index (χ1) is 13.2. The van der Waals surface area contributed by atoms with E-state index in [1.807, 2.05) is 19.1 Å². The fraction of sp³-hybridized carbons (Fsp3) is 0.652. The number of hydrogen-bond donors (Lipinski definition) is 1. The number of nitrogens with zero attached hydrogens (tertiary/aromatic N) is 2. The van der Waals surface area contributed by atoms with Gasteiger partial charge in [0.1, 0.15) is 5.54 Å². The summed E-state index contributed by atoms with van der Waals surface area (Å²) < 4.78 is 0. The minimum absolute atomic E-state index is 0.0516. The van der Waals surface area contributed by atoms with Crippen molar-refractivity contribution in [1.82, 2.24) is 15.1 Å².